The Balaban J connectivity index is 2.04. The highest BCUT2D eigenvalue weighted by Gasteiger charge is 2.53. The Morgan fingerprint density at radius 3 is 1.95 bits per heavy atom. The molecule has 20 heavy (non-hydrogen) atoms. The molecular formula is C18H19NO. The summed E-state index contributed by atoms with van der Waals surface area (Å²) in [6.07, 6.45) is 0. The van der Waals surface area contributed by atoms with E-state index in [1.807, 2.05) is 36.4 Å². The molecule has 0 radical (unpaired) electrons. The molecule has 0 saturated carbocycles. The first-order valence-electron chi connectivity index (χ1n) is 6.93. The van der Waals surface area contributed by atoms with Gasteiger partial charge in [0, 0.05) is 5.56 Å². The second-order valence-electron chi connectivity index (χ2n) is 5.92. The molecule has 2 aromatic carbocycles. The Labute approximate surface area is 120 Å². The van der Waals surface area contributed by atoms with E-state index < -0.39 is 5.60 Å². The molecule has 0 aliphatic carbocycles. The van der Waals surface area contributed by atoms with Gasteiger partial charge in [0.1, 0.15) is 0 Å². The van der Waals surface area contributed by atoms with Gasteiger partial charge in [0.15, 0.2) is 5.60 Å². The van der Waals surface area contributed by atoms with Crippen molar-refractivity contribution in [3.63, 3.8) is 0 Å². The van der Waals surface area contributed by atoms with Crippen LogP contribution in [0.1, 0.15) is 31.9 Å². The fraction of sp³-hybridized carbons (Fsp3) is 0.278. The van der Waals surface area contributed by atoms with Crippen LogP contribution in [-0.4, -0.2) is 5.71 Å². The van der Waals surface area contributed by atoms with E-state index in [9.17, 15) is 0 Å². The number of nitrogens with zero attached hydrogens (tertiary/aromatic N) is 1. The highest BCUT2D eigenvalue weighted by atomic mass is 16.7. The quantitative estimate of drug-likeness (QED) is 0.790. The van der Waals surface area contributed by atoms with Crippen LogP contribution >= 0.6 is 0 Å². The zero-order valence-corrected chi connectivity index (χ0v) is 12.1. The summed E-state index contributed by atoms with van der Waals surface area (Å²) >= 11 is 0. The predicted molar refractivity (Wildman–Crippen MR) is 81.6 cm³/mol. The fourth-order valence-electron chi connectivity index (χ4n) is 2.77. The molecule has 0 aromatic heterocycles. The monoisotopic (exact) mass is 265 g/mol. The first kappa shape index (κ1) is 12.9. The molecule has 1 heterocycles. The van der Waals surface area contributed by atoms with Crippen molar-refractivity contribution in [2.24, 2.45) is 10.6 Å². The highest BCUT2D eigenvalue weighted by molar-refractivity contribution is 6.05. The van der Waals surface area contributed by atoms with E-state index in [1.54, 1.807) is 0 Å². The third-order valence-corrected chi connectivity index (χ3v) is 4.48. The van der Waals surface area contributed by atoms with E-state index in [-0.39, 0.29) is 5.41 Å². The van der Waals surface area contributed by atoms with E-state index in [0.29, 0.717) is 0 Å². The summed E-state index contributed by atoms with van der Waals surface area (Å²) in [4.78, 5) is 5.90. The van der Waals surface area contributed by atoms with Crippen LogP contribution in [-0.2, 0) is 10.4 Å². The fourth-order valence-corrected chi connectivity index (χ4v) is 2.77. The van der Waals surface area contributed by atoms with Crippen LogP contribution in [0.15, 0.2) is 65.8 Å². The van der Waals surface area contributed by atoms with Gasteiger partial charge in [0.25, 0.3) is 0 Å². The van der Waals surface area contributed by atoms with Gasteiger partial charge in [-0.1, -0.05) is 65.8 Å². The summed E-state index contributed by atoms with van der Waals surface area (Å²) in [5, 5.41) is 4.40. The molecule has 0 bridgehead atoms. The van der Waals surface area contributed by atoms with Crippen LogP contribution in [0.5, 0.6) is 0 Å². The minimum absolute atomic E-state index is 0.199. The summed E-state index contributed by atoms with van der Waals surface area (Å²) in [6, 6.07) is 20.6. The van der Waals surface area contributed by atoms with Crippen molar-refractivity contribution in [1.82, 2.24) is 0 Å². The first-order valence-corrected chi connectivity index (χ1v) is 6.93. The van der Waals surface area contributed by atoms with Crippen molar-refractivity contribution < 1.29 is 4.84 Å². The van der Waals surface area contributed by atoms with Crippen molar-refractivity contribution in [3.05, 3.63) is 71.8 Å². The van der Waals surface area contributed by atoms with Crippen LogP contribution in [0.25, 0.3) is 0 Å². The lowest BCUT2D eigenvalue weighted by molar-refractivity contribution is -0.0621. The van der Waals surface area contributed by atoms with Gasteiger partial charge in [-0.3, -0.25) is 0 Å². The van der Waals surface area contributed by atoms with E-state index in [0.717, 1.165) is 16.8 Å². The van der Waals surface area contributed by atoms with Crippen LogP contribution < -0.4 is 0 Å². The molecule has 2 heteroatoms. The summed E-state index contributed by atoms with van der Waals surface area (Å²) in [7, 11) is 0. The van der Waals surface area contributed by atoms with Crippen LogP contribution in [0.2, 0.25) is 0 Å². The Hall–Kier alpha value is -2.09. The molecule has 3 rings (SSSR count). The summed E-state index contributed by atoms with van der Waals surface area (Å²) in [5.41, 5.74) is 2.64. The number of hydrogen-bond donors (Lipinski definition) is 0. The van der Waals surface area contributed by atoms with Gasteiger partial charge in [-0.05, 0) is 26.3 Å². The lowest BCUT2D eigenvalue weighted by Gasteiger charge is -2.36. The summed E-state index contributed by atoms with van der Waals surface area (Å²) in [5.74, 6) is 0. The van der Waals surface area contributed by atoms with Crippen molar-refractivity contribution >= 4 is 5.71 Å². The third kappa shape index (κ3) is 1.75. The Morgan fingerprint density at radius 1 is 0.800 bits per heavy atom. The van der Waals surface area contributed by atoms with Crippen LogP contribution in [0.3, 0.4) is 0 Å². The Bertz CT molecular complexity index is 631. The van der Waals surface area contributed by atoms with Crippen molar-refractivity contribution in [3.8, 4) is 0 Å². The molecule has 1 aliphatic heterocycles. The lowest BCUT2D eigenvalue weighted by atomic mass is 9.68. The molecule has 0 saturated heterocycles. The molecule has 0 fully saturated rings. The predicted octanol–water partition coefficient (Wildman–Crippen LogP) is 4.36. The minimum Gasteiger partial charge on any atom is -0.383 e. The largest absolute Gasteiger partial charge is 0.383 e. The maximum Gasteiger partial charge on any atom is 0.170 e. The molecule has 1 atom stereocenters. The topological polar surface area (TPSA) is 21.6 Å². The molecule has 0 unspecified atom stereocenters. The van der Waals surface area contributed by atoms with Crippen molar-refractivity contribution in [1.29, 1.82) is 0 Å². The summed E-state index contributed by atoms with van der Waals surface area (Å²) < 4.78 is 0. The minimum atomic E-state index is -0.445. The zero-order chi connectivity index (χ0) is 14.2. The average Bonchev–Trinajstić information content (AvgIpc) is 2.72. The second-order valence-corrected chi connectivity index (χ2v) is 5.92. The molecule has 1 aliphatic rings. The Morgan fingerprint density at radius 2 is 1.35 bits per heavy atom. The van der Waals surface area contributed by atoms with E-state index in [4.69, 9.17) is 4.84 Å². The van der Waals surface area contributed by atoms with E-state index in [2.05, 4.69) is 50.2 Å². The standard InChI is InChI=1S/C18H19NO/c1-17(2)16(14-10-6-4-7-11-14)19-20-18(17,3)15-12-8-5-9-13-15/h4-13H,1-3H3/t18-/m1/s1. The molecule has 2 nitrogen and oxygen atoms in total. The molecule has 0 amide bonds. The summed E-state index contributed by atoms with van der Waals surface area (Å²) in [6.45, 7) is 6.50. The lowest BCUT2D eigenvalue weighted by Crippen LogP contribution is -2.41. The number of rotatable bonds is 2. The maximum absolute atomic E-state index is 5.90. The molecule has 0 N–H and O–H groups in total. The van der Waals surface area contributed by atoms with Crippen LogP contribution in [0, 0.1) is 5.41 Å². The molecule has 102 valence electrons. The first-order chi connectivity index (χ1) is 9.56. The molecular weight excluding hydrogens is 246 g/mol. The average molecular weight is 265 g/mol. The second kappa shape index (κ2) is 4.48. The normalized spacial score (nSPS) is 24.1. The number of benzene rings is 2. The smallest absolute Gasteiger partial charge is 0.170 e. The van der Waals surface area contributed by atoms with Gasteiger partial charge in [-0.25, -0.2) is 0 Å². The zero-order valence-electron chi connectivity index (χ0n) is 12.1. The van der Waals surface area contributed by atoms with Gasteiger partial charge in [-0.15, -0.1) is 0 Å². The van der Waals surface area contributed by atoms with Crippen LogP contribution in [0.4, 0.5) is 0 Å². The highest BCUT2D eigenvalue weighted by Crippen LogP contribution is 2.49. The molecule has 0 spiro atoms. The van der Waals surface area contributed by atoms with Crippen molar-refractivity contribution in [2.75, 3.05) is 0 Å². The number of hydrogen-bond acceptors (Lipinski definition) is 2. The third-order valence-electron chi connectivity index (χ3n) is 4.48. The van der Waals surface area contributed by atoms with Gasteiger partial charge < -0.3 is 4.84 Å². The van der Waals surface area contributed by atoms with E-state index >= 15 is 0 Å². The van der Waals surface area contributed by atoms with E-state index in [1.165, 1.54) is 0 Å². The van der Waals surface area contributed by atoms with Gasteiger partial charge in [0.2, 0.25) is 0 Å². The SMILES string of the molecule is CC1(C)C(c2ccccc2)=NO[C@]1(C)c1ccccc1. The van der Waals surface area contributed by atoms with Gasteiger partial charge in [0.05, 0.1) is 11.1 Å². The van der Waals surface area contributed by atoms with Gasteiger partial charge in [-0.2, -0.15) is 0 Å². The molecule has 2 aromatic rings. The number of oxime groups is 1. The Kier molecular flexibility index (Phi) is 2.89. The maximum atomic E-state index is 5.90. The van der Waals surface area contributed by atoms with Crippen molar-refractivity contribution in [2.45, 2.75) is 26.4 Å². The van der Waals surface area contributed by atoms with Gasteiger partial charge >= 0.3 is 0 Å².